The molecule has 4 rings (SSSR count). The molecule has 2 N–H and O–H groups in total. The molecule has 2 heterocycles. The van der Waals surface area contributed by atoms with Crippen molar-refractivity contribution in [1.82, 2.24) is 19.3 Å². The minimum atomic E-state index is -3.18. The maximum Gasteiger partial charge on any atom is 0.224 e. The van der Waals surface area contributed by atoms with Gasteiger partial charge in [-0.3, -0.25) is 4.57 Å². The maximum absolute atomic E-state index is 11.4. The van der Waals surface area contributed by atoms with Gasteiger partial charge in [0.15, 0.2) is 0 Å². The third-order valence-electron chi connectivity index (χ3n) is 5.46. The maximum atomic E-state index is 11.4. The quantitative estimate of drug-likeness (QED) is 0.651. The predicted octanol–water partition coefficient (Wildman–Crippen LogP) is 2.87. The van der Waals surface area contributed by atoms with Crippen LogP contribution >= 0.6 is 0 Å². The van der Waals surface area contributed by atoms with Crippen LogP contribution in [0.15, 0.2) is 36.5 Å². The van der Waals surface area contributed by atoms with Crippen molar-refractivity contribution in [1.29, 1.82) is 5.26 Å². The summed E-state index contributed by atoms with van der Waals surface area (Å²) in [6, 6.07) is 12.0. The summed E-state index contributed by atoms with van der Waals surface area (Å²) >= 11 is 0. The lowest BCUT2D eigenvalue weighted by atomic mass is 9.92. The predicted molar refractivity (Wildman–Crippen MR) is 116 cm³/mol. The van der Waals surface area contributed by atoms with Gasteiger partial charge in [-0.25, -0.2) is 18.1 Å². The highest BCUT2D eigenvalue weighted by Gasteiger charge is 2.23. The lowest BCUT2D eigenvalue weighted by molar-refractivity contribution is 0.387. The molecule has 9 heteroatoms. The fourth-order valence-electron chi connectivity index (χ4n) is 4.15. The zero-order valence-electron chi connectivity index (χ0n) is 17.0. The average molecular weight is 425 g/mol. The number of nitrogens with zero attached hydrogens (tertiary/aromatic N) is 4. The summed E-state index contributed by atoms with van der Waals surface area (Å²) in [6.45, 7) is 1.99. The highest BCUT2D eigenvalue weighted by molar-refractivity contribution is 7.88. The monoisotopic (exact) mass is 424 g/mol. The molecule has 0 atom stereocenters. The van der Waals surface area contributed by atoms with Gasteiger partial charge >= 0.3 is 0 Å². The van der Waals surface area contributed by atoms with Gasteiger partial charge in [-0.1, -0.05) is 6.07 Å². The average Bonchev–Trinajstić information content (AvgIpc) is 3.04. The van der Waals surface area contributed by atoms with Crippen molar-refractivity contribution in [2.45, 2.75) is 44.7 Å². The summed E-state index contributed by atoms with van der Waals surface area (Å²) in [6.07, 6.45) is 6.17. The first-order valence-corrected chi connectivity index (χ1v) is 11.8. The van der Waals surface area contributed by atoms with E-state index >= 15 is 0 Å². The molecule has 0 aliphatic heterocycles. The Morgan fingerprint density at radius 3 is 2.60 bits per heavy atom. The smallest absolute Gasteiger partial charge is 0.224 e. The van der Waals surface area contributed by atoms with Crippen molar-refractivity contribution in [2.24, 2.45) is 0 Å². The Morgan fingerprint density at radius 1 is 1.17 bits per heavy atom. The van der Waals surface area contributed by atoms with Crippen LogP contribution in [-0.2, 0) is 10.0 Å². The van der Waals surface area contributed by atoms with Crippen molar-refractivity contribution in [3.05, 3.63) is 47.8 Å². The van der Waals surface area contributed by atoms with Gasteiger partial charge in [0.1, 0.15) is 5.82 Å². The number of sulfonamides is 1. The molecule has 1 aliphatic carbocycles. The second-order valence-corrected chi connectivity index (χ2v) is 9.57. The van der Waals surface area contributed by atoms with Crippen LogP contribution in [0.5, 0.6) is 0 Å². The van der Waals surface area contributed by atoms with Crippen molar-refractivity contribution >= 4 is 26.9 Å². The van der Waals surface area contributed by atoms with Gasteiger partial charge in [0.25, 0.3) is 0 Å². The Bertz CT molecular complexity index is 1220. The molecule has 0 saturated heterocycles. The number of nitriles is 1. The van der Waals surface area contributed by atoms with E-state index < -0.39 is 10.0 Å². The Hall–Kier alpha value is -2.96. The van der Waals surface area contributed by atoms with E-state index in [1.807, 2.05) is 41.8 Å². The molecule has 1 saturated carbocycles. The van der Waals surface area contributed by atoms with Crippen LogP contribution in [0, 0.1) is 18.3 Å². The van der Waals surface area contributed by atoms with E-state index in [1.165, 1.54) is 6.26 Å². The normalized spacial score (nSPS) is 19.5. The van der Waals surface area contributed by atoms with E-state index in [0.29, 0.717) is 11.5 Å². The molecule has 0 spiro atoms. The van der Waals surface area contributed by atoms with Gasteiger partial charge in [-0.05, 0) is 56.9 Å². The van der Waals surface area contributed by atoms with Gasteiger partial charge in [0, 0.05) is 29.4 Å². The zero-order valence-corrected chi connectivity index (χ0v) is 17.8. The fraction of sp³-hybridized carbons (Fsp3) is 0.381. The summed E-state index contributed by atoms with van der Waals surface area (Å²) in [7, 11) is -3.18. The first-order valence-electron chi connectivity index (χ1n) is 9.92. The van der Waals surface area contributed by atoms with Crippen LogP contribution < -0.4 is 10.0 Å². The van der Waals surface area contributed by atoms with Gasteiger partial charge < -0.3 is 5.32 Å². The van der Waals surface area contributed by atoms with Crippen LogP contribution in [0.25, 0.3) is 16.7 Å². The molecule has 30 heavy (non-hydrogen) atoms. The standard InChI is InChI=1S/C21H24N6O2S/c1-14-12-18-15(13-22)4-3-5-19(18)27(14)20-10-11-23-21(25-20)24-16-6-8-17(9-7-16)26-30(2,28)29/h3-5,10-12,16-17,26H,6-9H2,1-2H3,(H,23,24,25). The Balaban J connectivity index is 1.53. The van der Waals surface area contributed by atoms with Gasteiger partial charge in [-0.15, -0.1) is 0 Å². The van der Waals surface area contributed by atoms with E-state index in [1.54, 1.807) is 6.20 Å². The second kappa shape index (κ2) is 8.05. The number of rotatable bonds is 5. The number of hydrogen-bond donors (Lipinski definition) is 2. The third kappa shape index (κ3) is 4.30. The largest absolute Gasteiger partial charge is 0.351 e. The Kier molecular flexibility index (Phi) is 5.45. The van der Waals surface area contributed by atoms with Crippen LogP contribution in [-0.4, -0.2) is 41.3 Å². The minimum absolute atomic E-state index is 0.00600. The van der Waals surface area contributed by atoms with E-state index in [2.05, 4.69) is 21.1 Å². The summed E-state index contributed by atoms with van der Waals surface area (Å²) in [5.74, 6) is 1.28. The first kappa shape index (κ1) is 20.3. The Labute approximate surface area is 176 Å². The molecule has 8 nitrogen and oxygen atoms in total. The second-order valence-electron chi connectivity index (χ2n) is 7.79. The van der Waals surface area contributed by atoms with Crippen molar-refractivity contribution < 1.29 is 8.42 Å². The summed E-state index contributed by atoms with van der Waals surface area (Å²) < 4.78 is 27.5. The highest BCUT2D eigenvalue weighted by Crippen LogP contribution is 2.26. The van der Waals surface area contributed by atoms with E-state index in [9.17, 15) is 13.7 Å². The van der Waals surface area contributed by atoms with Crippen molar-refractivity contribution in [3.63, 3.8) is 0 Å². The van der Waals surface area contributed by atoms with Crippen LogP contribution in [0.2, 0.25) is 0 Å². The lowest BCUT2D eigenvalue weighted by Gasteiger charge is -2.29. The summed E-state index contributed by atoms with van der Waals surface area (Å²) in [5.41, 5.74) is 2.56. The van der Waals surface area contributed by atoms with E-state index in [0.717, 1.165) is 48.1 Å². The Morgan fingerprint density at radius 2 is 1.90 bits per heavy atom. The first-order chi connectivity index (χ1) is 14.3. The van der Waals surface area contributed by atoms with Crippen molar-refractivity contribution in [3.8, 4) is 11.9 Å². The number of anilines is 1. The third-order valence-corrected chi connectivity index (χ3v) is 6.22. The number of aromatic nitrogens is 3. The van der Waals surface area contributed by atoms with Gasteiger partial charge in [0.2, 0.25) is 16.0 Å². The van der Waals surface area contributed by atoms with E-state index in [4.69, 9.17) is 4.98 Å². The molecular formula is C21H24N6O2S. The molecule has 0 radical (unpaired) electrons. The SMILES string of the molecule is Cc1cc2c(C#N)cccc2n1-c1ccnc(NC2CCC(NS(C)(=O)=O)CC2)n1. The number of hydrogen-bond acceptors (Lipinski definition) is 6. The molecule has 2 aromatic heterocycles. The van der Waals surface area contributed by atoms with E-state index in [-0.39, 0.29) is 12.1 Å². The number of aryl methyl sites for hydroxylation is 1. The highest BCUT2D eigenvalue weighted by atomic mass is 32.2. The molecule has 0 bridgehead atoms. The van der Waals surface area contributed by atoms with Crippen LogP contribution in [0.4, 0.5) is 5.95 Å². The molecule has 0 amide bonds. The number of nitrogens with one attached hydrogen (secondary N) is 2. The zero-order chi connectivity index (χ0) is 21.3. The molecule has 1 fully saturated rings. The minimum Gasteiger partial charge on any atom is -0.351 e. The van der Waals surface area contributed by atoms with Crippen LogP contribution in [0.1, 0.15) is 36.9 Å². The van der Waals surface area contributed by atoms with Gasteiger partial charge in [-0.2, -0.15) is 10.2 Å². The molecule has 1 aliphatic rings. The topological polar surface area (TPSA) is 113 Å². The number of fused-ring (bicyclic) bond motifs is 1. The van der Waals surface area contributed by atoms with Crippen LogP contribution in [0.3, 0.4) is 0 Å². The summed E-state index contributed by atoms with van der Waals surface area (Å²) in [5, 5.41) is 13.7. The molecular weight excluding hydrogens is 400 g/mol. The molecule has 1 aromatic carbocycles. The molecule has 0 unspecified atom stereocenters. The lowest BCUT2D eigenvalue weighted by Crippen LogP contribution is -2.39. The molecule has 3 aromatic rings. The molecule has 156 valence electrons. The summed E-state index contributed by atoms with van der Waals surface area (Å²) in [4.78, 5) is 9.07. The fourth-order valence-corrected chi connectivity index (χ4v) is 4.99. The van der Waals surface area contributed by atoms with Crippen molar-refractivity contribution in [2.75, 3.05) is 11.6 Å². The van der Waals surface area contributed by atoms with Gasteiger partial charge in [0.05, 0.1) is 23.4 Å². The number of benzene rings is 1.